The van der Waals surface area contributed by atoms with Gasteiger partial charge in [0.1, 0.15) is 11.9 Å². The average Bonchev–Trinajstić information content (AvgIpc) is 2.85. The molecule has 2 atom stereocenters. The van der Waals surface area contributed by atoms with E-state index in [-0.39, 0.29) is 12.0 Å². The Balaban J connectivity index is 1.79. The monoisotopic (exact) mass is 302 g/mol. The van der Waals surface area contributed by atoms with Crippen molar-refractivity contribution in [3.63, 3.8) is 0 Å². The van der Waals surface area contributed by atoms with Crippen molar-refractivity contribution >= 4 is 5.91 Å². The zero-order chi connectivity index (χ0) is 15.7. The molecule has 2 aliphatic rings. The highest BCUT2D eigenvalue weighted by Crippen LogP contribution is 2.30. The molecule has 1 aromatic rings. The predicted octanol–water partition coefficient (Wildman–Crippen LogP) is 2.57. The van der Waals surface area contributed by atoms with Crippen molar-refractivity contribution in [2.24, 2.45) is 0 Å². The third kappa shape index (κ3) is 3.12. The van der Waals surface area contributed by atoms with Crippen molar-refractivity contribution in [2.45, 2.75) is 44.8 Å². The van der Waals surface area contributed by atoms with Gasteiger partial charge >= 0.3 is 0 Å². The fourth-order valence-electron chi connectivity index (χ4n) is 3.60. The number of fused-ring (bicyclic) bond motifs is 1. The van der Waals surface area contributed by atoms with Gasteiger partial charge in [-0.15, -0.1) is 0 Å². The molecule has 1 fully saturated rings. The predicted molar refractivity (Wildman–Crippen MR) is 87.5 cm³/mol. The number of hydrogen-bond donors (Lipinski definition) is 0. The van der Waals surface area contributed by atoms with Gasteiger partial charge in [-0.05, 0) is 64.0 Å². The lowest BCUT2D eigenvalue weighted by Crippen LogP contribution is -2.48. The lowest BCUT2D eigenvalue weighted by Gasteiger charge is -2.37. The van der Waals surface area contributed by atoms with Crippen LogP contribution < -0.4 is 4.74 Å². The van der Waals surface area contributed by atoms with Crippen LogP contribution in [0.25, 0.3) is 0 Å². The molecule has 4 nitrogen and oxygen atoms in total. The standard InChI is InChI=1S/C18H26N2O2/c1-13-10-15-11-14(7-8-17(15)22-13)18(21)20-9-5-4-6-16(20)12-19(2)3/h7-8,11,13,16H,4-6,9-10,12H2,1-3H3/t13-,16+/m1/s1. The van der Waals surface area contributed by atoms with Crippen molar-refractivity contribution in [1.82, 2.24) is 9.80 Å². The number of amides is 1. The number of likely N-dealkylation sites (N-methyl/N-ethyl adjacent to an activating group) is 1. The number of carbonyl (C=O) groups is 1. The lowest BCUT2D eigenvalue weighted by atomic mass is 9.99. The molecule has 0 spiro atoms. The SMILES string of the molecule is C[C@@H]1Cc2cc(C(=O)N3CCCC[C@H]3CN(C)C)ccc2O1. The number of rotatable bonds is 3. The summed E-state index contributed by atoms with van der Waals surface area (Å²) >= 11 is 0. The van der Waals surface area contributed by atoms with Gasteiger partial charge in [-0.2, -0.15) is 0 Å². The molecule has 0 bridgehead atoms. The van der Waals surface area contributed by atoms with E-state index in [0.29, 0.717) is 6.04 Å². The first-order valence-electron chi connectivity index (χ1n) is 8.30. The second kappa shape index (κ2) is 6.29. The first kappa shape index (κ1) is 15.3. The van der Waals surface area contributed by atoms with Crippen LogP contribution in [0.1, 0.15) is 42.1 Å². The maximum atomic E-state index is 12.9. The van der Waals surface area contributed by atoms with Gasteiger partial charge in [-0.1, -0.05) is 0 Å². The number of ether oxygens (including phenoxy) is 1. The lowest BCUT2D eigenvalue weighted by molar-refractivity contribution is 0.0574. The molecule has 4 heteroatoms. The fraction of sp³-hybridized carbons (Fsp3) is 0.611. The van der Waals surface area contributed by atoms with Crippen LogP contribution >= 0.6 is 0 Å². The number of nitrogens with zero attached hydrogens (tertiary/aromatic N) is 2. The van der Waals surface area contributed by atoms with Crippen LogP contribution in [0.4, 0.5) is 0 Å². The van der Waals surface area contributed by atoms with Crippen molar-refractivity contribution in [3.05, 3.63) is 29.3 Å². The van der Waals surface area contributed by atoms with E-state index in [9.17, 15) is 4.79 Å². The van der Waals surface area contributed by atoms with E-state index in [1.165, 1.54) is 12.0 Å². The molecule has 0 radical (unpaired) electrons. The van der Waals surface area contributed by atoms with Gasteiger partial charge in [0.05, 0.1) is 0 Å². The van der Waals surface area contributed by atoms with E-state index < -0.39 is 0 Å². The summed E-state index contributed by atoms with van der Waals surface area (Å²) in [7, 11) is 4.15. The third-order valence-corrected chi connectivity index (χ3v) is 4.61. The Labute approximate surface area is 133 Å². The molecular formula is C18H26N2O2. The fourth-order valence-corrected chi connectivity index (χ4v) is 3.60. The smallest absolute Gasteiger partial charge is 0.254 e. The Bertz CT molecular complexity index is 556. The van der Waals surface area contributed by atoms with Gasteiger partial charge in [0, 0.05) is 31.1 Å². The van der Waals surface area contributed by atoms with Crippen LogP contribution in [0.3, 0.4) is 0 Å². The molecule has 120 valence electrons. The second-order valence-corrected chi connectivity index (χ2v) is 6.87. The summed E-state index contributed by atoms with van der Waals surface area (Å²) < 4.78 is 5.73. The van der Waals surface area contributed by atoms with Gasteiger partial charge in [0.15, 0.2) is 0 Å². The Morgan fingerprint density at radius 1 is 1.36 bits per heavy atom. The Morgan fingerprint density at radius 2 is 2.18 bits per heavy atom. The molecular weight excluding hydrogens is 276 g/mol. The molecule has 1 amide bonds. The van der Waals surface area contributed by atoms with Crippen molar-refractivity contribution < 1.29 is 9.53 Å². The minimum Gasteiger partial charge on any atom is -0.490 e. The van der Waals surface area contributed by atoms with Gasteiger partial charge in [0.25, 0.3) is 5.91 Å². The van der Waals surface area contributed by atoms with Crippen molar-refractivity contribution in [1.29, 1.82) is 0 Å². The van der Waals surface area contributed by atoms with Gasteiger partial charge < -0.3 is 14.5 Å². The highest BCUT2D eigenvalue weighted by molar-refractivity contribution is 5.95. The van der Waals surface area contributed by atoms with E-state index in [2.05, 4.69) is 30.8 Å². The largest absolute Gasteiger partial charge is 0.490 e. The van der Waals surface area contributed by atoms with E-state index >= 15 is 0 Å². The maximum absolute atomic E-state index is 12.9. The molecule has 0 N–H and O–H groups in total. The van der Waals surface area contributed by atoms with E-state index in [1.807, 2.05) is 18.2 Å². The highest BCUT2D eigenvalue weighted by Gasteiger charge is 2.29. The first-order chi connectivity index (χ1) is 10.5. The Kier molecular flexibility index (Phi) is 4.39. The Hall–Kier alpha value is -1.55. The summed E-state index contributed by atoms with van der Waals surface area (Å²) in [5, 5.41) is 0. The summed E-state index contributed by atoms with van der Waals surface area (Å²) in [6, 6.07) is 6.24. The zero-order valence-electron chi connectivity index (χ0n) is 13.8. The van der Waals surface area contributed by atoms with Crippen LogP contribution in [-0.2, 0) is 6.42 Å². The van der Waals surface area contributed by atoms with Crippen LogP contribution in [0.5, 0.6) is 5.75 Å². The molecule has 3 rings (SSSR count). The molecule has 1 aromatic carbocycles. The quantitative estimate of drug-likeness (QED) is 0.860. The second-order valence-electron chi connectivity index (χ2n) is 6.87. The van der Waals surface area contributed by atoms with E-state index in [4.69, 9.17) is 4.74 Å². The Morgan fingerprint density at radius 3 is 2.95 bits per heavy atom. The number of piperidine rings is 1. The van der Waals surface area contributed by atoms with Gasteiger partial charge in [-0.25, -0.2) is 0 Å². The van der Waals surface area contributed by atoms with E-state index in [1.54, 1.807) is 0 Å². The molecule has 2 heterocycles. The zero-order valence-corrected chi connectivity index (χ0v) is 13.8. The van der Waals surface area contributed by atoms with E-state index in [0.717, 1.165) is 43.7 Å². The first-order valence-corrected chi connectivity index (χ1v) is 8.30. The topological polar surface area (TPSA) is 32.8 Å². The molecule has 0 aliphatic carbocycles. The summed E-state index contributed by atoms with van der Waals surface area (Å²) in [6.07, 6.45) is 4.56. The van der Waals surface area contributed by atoms with Crippen LogP contribution in [0.15, 0.2) is 18.2 Å². The summed E-state index contributed by atoms with van der Waals surface area (Å²) in [4.78, 5) is 17.2. The normalized spacial score (nSPS) is 24.3. The molecule has 0 unspecified atom stereocenters. The summed E-state index contributed by atoms with van der Waals surface area (Å²) in [5.74, 6) is 1.11. The molecule has 22 heavy (non-hydrogen) atoms. The molecule has 0 aromatic heterocycles. The van der Waals surface area contributed by atoms with Crippen LogP contribution in [0.2, 0.25) is 0 Å². The molecule has 1 saturated heterocycles. The van der Waals surface area contributed by atoms with Gasteiger partial charge in [0.2, 0.25) is 0 Å². The van der Waals surface area contributed by atoms with Crippen LogP contribution in [-0.4, -0.2) is 55.0 Å². The third-order valence-electron chi connectivity index (χ3n) is 4.61. The number of carbonyl (C=O) groups excluding carboxylic acids is 1. The number of likely N-dealkylation sites (tertiary alicyclic amines) is 1. The summed E-state index contributed by atoms with van der Waals surface area (Å²) in [6.45, 7) is 3.89. The summed E-state index contributed by atoms with van der Waals surface area (Å²) in [5.41, 5.74) is 1.97. The minimum atomic E-state index is 0.175. The average molecular weight is 302 g/mol. The van der Waals surface area contributed by atoms with Crippen molar-refractivity contribution in [3.8, 4) is 5.75 Å². The minimum absolute atomic E-state index is 0.175. The number of benzene rings is 1. The molecule has 0 saturated carbocycles. The van der Waals surface area contributed by atoms with Crippen LogP contribution in [0, 0.1) is 0 Å². The number of hydrogen-bond acceptors (Lipinski definition) is 3. The van der Waals surface area contributed by atoms with Crippen molar-refractivity contribution in [2.75, 3.05) is 27.2 Å². The molecule has 2 aliphatic heterocycles. The van der Waals surface area contributed by atoms with Gasteiger partial charge in [-0.3, -0.25) is 4.79 Å². The highest BCUT2D eigenvalue weighted by atomic mass is 16.5. The maximum Gasteiger partial charge on any atom is 0.254 e.